The lowest BCUT2D eigenvalue weighted by molar-refractivity contribution is 0.291. The molecule has 0 aromatic heterocycles. The van der Waals surface area contributed by atoms with E-state index in [2.05, 4.69) is 15.9 Å². The molecule has 0 radical (unpaired) electrons. The summed E-state index contributed by atoms with van der Waals surface area (Å²) >= 11 is 3.24. The molecule has 1 fully saturated rings. The average molecular weight is 302 g/mol. The largest absolute Gasteiger partial charge is 0.507 e. The molecular formula is C13H17BrFNO. The van der Waals surface area contributed by atoms with Crippen molar-refractivity contribution in [3.05, 3.63) is 28.0 Å². The van der Waals surface area contributed by atoms with Gasteiger partial charge in [-0.25, -0.2) is 4.39 Å². The monoisotopic (exact) mass is 301 g/mol. The predicted octanol–water partition coefficient (Wildman–Crippen LogP) is 3.45. The number of hydrogen-bond donors (Lipinski definition) is 2. The zero-order chi connectivity index (χ0) is 12.5. The lowest BCUT2D eigenvalue weighted by Gasteiger charge is -2.37. The Hall–Kier alpha value is -0.610. The summed E-state index contributed by atoms with van der Waals surface area (Å²) in [6.07, 6.45) is 5.24. The third-order valence-electron chi connectivity index (χ3n) is 3.81. The molecule has 94 valence electrons. The second-order valence-corrected chi connectivity index (χ2v) is 5.68. The van der Waals surface area contributed by atoms with Gasteiger partial charge in [0, 0.05) is 18.0 Å². The molecule has 1 aromatic rings. The van der Waals surface area contributed by atoms with Crippen LogP contribution in [0, 0.1) is 5.82 Å². The van der Waals surface area contributed by atoms with Crippen LogP contribution in [0.4, 0.5) is 4.39 Å². The van der Waals surface area contributed by atoms with Crippen molar-refractivity contribution in [3.8, 4) is 5.75 Å². The van der Waals surface area contributed by atoms with Crippen LogP contribution in [0.5, 0.6) is 5.75 Å². The standard InChI is InChI=1S/C13H17BrFNO/c14-10-6-9(11(15)7-12(10)17)13(8-16)4-2-1-3-5-13/h6-7,17H,1-5,8,16H2. The summed E-state index contributed by atoms with van der Waals surface area (Å²) in [4.78, 5) is 0. The van der Waals surface area contributed by atoms with Gasteiger partial charge in [0.2, 0.25) is 0 Å². The fourth-order valence-electron chi connectivity index (χ4n) is 2.75. The van der Waals surface area contributed by atoms with Gasteiger partial charge in [-0.15, -0.1) is 0 Å². The van der Waals surface area contributed by atoms with Gasteiger partial charge in [0.15, 0.2) is 0 Å². The normalized spacial score (nSPS) is 19.2. The summed E-state index contributed by atoms with van der Waals surface area (Å²) in [6, 6.07) is 2.86. The van der Waals surface area contributed by atoms with E-state index in [9.17, 15) is 9.50 Å². The maximum Gasteiger partial charge on any atom is 0.132 e. The van der Waals surface area contributed by atoms with Crippen LogP contribution < -0.4 is 5.73 Å². The van der Waals surface area contributed by atoms with Gasteiger partial charge in [-0.1, -0.05) is 19.3 Å². The van der Waals surface area contributed by atoms with Gasteiger partial charge in [0.25, 0.3) is 0 Å². The topological polar surface area (TPSA) is 46.2 Å². The van der Waals surface area contributed by atoms with Crippen molar-refractivity contribution in [2.24, 2.45) is 5.73 Å². The molecule has 17 heavy (non-hydrogen) atoms. The Morgan fingerprint density at radius 3 is 2.53 bits per heavy atom. The molecule has 2 nitrogen and oxygen atoms in total. The smallest absolute Gasteiger partial charge is 0.132 e. The molecule has 0 heterocycles. The highest BCUT2D eigenvalue weighted by Gasteiger charge is 2.35. The number of aromatic hydroxyl groups is 1. The van der Waals surface area contributed by atoms with Crippen LogP contribution in [0.15, 0.2) is 16.6 Å². The molecule has 0 bridgehead atoms. The average Bonchev–Trinajstić information content (AvgIpc) is 2.34. The molecule has 0 atom stereocenters. The highest BCUT2D eigenvalue weighted by molar-refractivity contribution is 9.10. The Bertz CT molecular complexity index is 416. The van der Waals surface area contributed by atoms with Crippen LogP contribution in [0.3, 0.4) is 0 Å². The van der Waals surface area contributed by atoms with Gasteiger partial charge in [0.05, 0.1) is 4.47 Å². The van der Waals surface area contributed by atoms with Crippen LogP contribution in [0.1, 0.15) is 37.7 Å². The zero-order valence-corrected chi connectivity index (χ0v) is 11.3. The molecular weight excluding hydrogens is 285 g/mol. The van der Waals surface area contributed by atoms with E-state index in [4.69, 9.17) is 5.73 Å². The molecule has 0 amide bonds. The Balaban J connectivity index is 2.46. The van der Waals surface area contributed by atoms with Crippen molar-refractivity contribution in [1.82, 2.24) is 0 Å². The maximum absolute atomic E-state index is 14.0. The molecule has 1 aromatic carbocycles. The third kappa shape index (κ3) is 2.33. The van der Waals surface area contributed by atoms with Crippen molar-refractivity contribution in [2.45, 2.75) is 37.5 Å². The number of nitrogens with two attached hydrogens (primary N) is 1. The summed E-state index contributed by atoms with van der Waals surface area (Å²) in [7, 11) is 0. The minimum absolute atomic E-state index is 0.0609. The van der Waals surface area contributed by atoms with Crippen molar-refractivity contribution in [2.75, 3.05) is 6.54 Å². The Morgan fingerprint density at radius 2 is 1.94 bits per heavy atom. The van der Waals surface area contributed by atoms with E-state index in [1.54, 1.807) is 6.07 Å². The van der Waals surface area contributed by atoms with Crippen molar-refractivity contribution < 1.29 is 9.50 Å². The Morgan fingerprint density at radius 1 is 1.29 bits per heavy atom. The number of halogens is 2. The number of phenols is 1. The first-order chi connectivity index (χ1) is 8.09. The number of hydrogen-bond acceptors (Lipinski definition) is 2. The first-order valence-corrected chi connectivity index (χ1v) is 6.77. The Kier molecular flexibility index (Phi) is 3.73. The van der Waals surface area contributed by atoms with E-state index in [0.717, 1.165) is 25.7 Å². The van der Waals surface area contributed by atoms with Gasteiger partial charge in [0.1, 0.15) is 11.6 Å². The second-order valence-electron chi connectivity index (χ2n) is 4.83. The summed E-state index contributed by atoms with van der Waals surface area (Å²) in [5.41, 5.74) is 6.27. The van der Waals surface area contributed by atoms with Gasteiger partial charge in [-0.05, 0) is 40.4 Å². The lowest BCUT2D eigenvalue weighted by Crippen LogP contribution is -2.38. The van der Waals surface area contributed by atoms with E-state index in [1.807, 2.05) is 0 Å². The van der Waals surface area contributed by atoms with Gasteiger partial charge >= 0.3 is 0 Å². The van der Waals surface area contributed by atoms with Gasteiger partial charge in [-0.3, -0.25) is 0 Å². The molecule has 1 aliphatic carbocycles. The van der Waals surface area contributed by atoms with Crippen LogP contribution in [-0.2, 0) is 5.41 Å². The molecule has 1 aliphatic rings. The van der Waals surface area contributed by atoms with Crippen molar-refractivity contribution in [3.63, 3.8) is 0 Å². The fraction of sp³-hybridized carbons (Fsp3) is 0.538. The predicted molar refractivity (Wildman–Crippen MR) is 69.6 cm³/mol. The van der Waals surface area contributed by atoms with Crippen molar-refractivity contribution in [1.29, 1.82) is 0 Å². The van der Waals surface area contributed by atoms with Crippen LogP contribution >= 0.6 is 15.9 Å². The molecule has 4 heteroatoms. The molecule has 0 aliphatic heterocycles. The summed E-state index contributed by atoms with van der Waals surface area (Å²) < 4.78 is 14.5. The first kappa shape index (κ1) is 12.8. The SMILES string of the molecule is NCC1(c2cc(Br)c(O)cc2F)CCCCC1. The third-order valence-corrected chi connectivity index (χ3v) is 4.44. The molecule has 2 rings (SSSR count). The zero-order valence-electron chi connectivity index (χ0n) is 9.68. The lowest BCUT2D eigenvalue weighted by atomic mass is 9.69. The molecule has 3 N–H and O–H groups in total. The molecule has 0 spiro atoms. The molecule has 0 saturated heterocycles. The summed E-state index contributed by atoms with van der Waals surface area (Å²) in [6.45, 7) is 0.459. The number of rotatable bonds is 2. The van der Waals surface area contributed by atoms with E-state index in [1.165, 1.54) is 12.5 Å². The molecule has 0 unspecified atom stereocenters. The maximum atomic E-state index is 14.0. The van der Waals surface area contributed by atoms with E-state index < -0.39 is 0 Å². The first-order valence-electron chi connectivity index (χ1n) is 5.98. The second kappa shape index (κ2) is 4.94. The van der Waals surface area contributed by atoms with E-state index >= 15 is 0 Å². The number of benzene rings is 1. The van der Waals surface area contributed by atoms with Crippen LogP contribution in [-0.4, -0.2) is 11.7 Å². The minimum Gasteiger partial charge on any atom is -0.507 e. The van der Waals surface area contributed by atoms with Gasteiger partial charge < -0.3 is 10.8 Å². The summed E-state index contributed by atoms with van der Waals surface area (Å²) in [5, 5.41) is 9.46. The summed E-state index contributed by atoms with van der Waals surface area (Å²) in [5.74, 6) is -0.410. The van der Waals surface area contributed by atoms with Gasteiger partial charge in [-0.2, -0.15) is 0 Å². The van der Waals surface area contributed by atoms with E-state index in [-0.39, 0.29) is 17.0 Å². The minimum atomic E-state index is -0.349. The quantitative estimate of drug-likeness (QED) is 0.879. The van der Waals surface area contributed by atoms with E-state index in [0.29, 0.717) is 16.6 Å². The highest BCUT2D eigenvalue weighted by atomic mass is 79.9. The van der Waals surface area contributed by atoms with Crippen LogP contribution in [0.2, 0.25) is 0 Å². The Labute approximate surface area is 109 Å². The van der Waals surface area contributed by atoms with Crippen molar-refractivity contribution >= 4 is 15.9 Å². The van der Waals surface area contributed by atoms with Crippen LogP contribution in [0.25, 0.3) is 0 Å². The molecule has 1 saturated carbocycles. The fourth-order valence-corrected chi connectivity index (χ4v) is 3.10. The number of phenolic OH excluding ortho intramolecular Hbond substituents is 1. The highest BCUT2D eigenvalue weighted by Crippen LogP contribution is 2.42.